The smallest absolute Gasteiger partial charge is 0.403 e. The second kappa shape index (κ2) is 6.46. The Morgan fingerprint density at radius 3 is 2.10 bits per heavy atom. The number of hydrogen-bond donors (Lipinski definition) is 4. The maximum atomic E-state index is 12.1. The fourth-order valence-electron chi connectivity index (χ4n) is 1.67. The van der Waals surface area contributed by atoms with Gasteiger partial charge in [-0.15, -0.1) is 0 Å². The van der Waals surface area contributed by atoms with Crippen molar-refractivity contribution in [3.05, 3.63) is 29.3 Å². The summed E-state index contributed by atoms with van der Waals surface area (Å²) >= 11 is 0. The number of benzene rings is 1. The summed E-state index contributed by atoms with van der Waals surface area (Å²) in [5, 5.41) is 0. The normalized spacial score (nSPS) is 14.4. The van der Waals surface area contributed by atoms with Crippen molar-refractivity contribution in [2.24, 2.45) is 11.5 Å². The lowest BCUT2D eigenvalue weighted by molar-refractivity contribution is 0.0933. The first-order chi connectivity index (χ1) is 9.54. The Balaban J connectivity index is 3.52. The van der Waals surface area contributed by atoms with Gasteiger partial charge in [0.15, 0.2) is 11.6 Å². The predicted octanol–water partition coefficient (Wildman–Crippen LogP) is 0.218. The summed E-state index contributed by atoms with van der Waals surface area (Å²) in [6.07, 6.45) is 0. The molecule has 0 saturated carbocycles. The maximum absolute atomic E-state index is 12.1. The summed E-state index contributed by atoms with van der Waals surface area (Å²) < 4.78 is 15.5. The highest BCUT2D eigenvalue weighted by Crippen LogP contribution is 2.40. The lowest BCUT2D eigenvalue weighted by Gasteiger charge is -2.16. The standard InChI is InChI=1S/C12H17N2O6P/c1-6(13)11(15)8-4-3-5-9(20-21(17,18)19)10(8)12(16)7(2)14/h3-7H,13-14H2,1-2H3,(H2,17,18,19). The molecule has 0 fully saturated rings. The van der Waals surface area contributed by atoms with Crippen LogP contribution in [0.15, 0.2) is 18.2 Å². The van der Waals surface area contributed by atoms with Crippen molar-refractivity contribution in [2.75, 3.05) is 0 Å². The number of ketones is 2. The van der Waals surface area contributed by atoms with Crippen LogP contribution in [0.1, 0.15) is 34.6 Å². The number of carbonyl (C=O) groups is 2. The molecule has 0 aliphatic rings. The van der Waals surface area contributed by atoms with Crippen LogP contribution in [0.3, 0.4) is 0 Å². The van der Waals surface area contributed by atoms with Gasteiger partial charge in [0.25, 0.3) is 0 Å². The lowest BCUT2D eigenvalue weighted by atomic mass is 9.94. The molecule has 1 aromatic rings. The van der Waals surface area contributed by atoms with E-state index in [1.807, 2.05) is 0 Å². The first-order valence-electron chi connectivity index (χ1n) is 6.02. The molecule has 0 aromatic heterocycles. The molecule has 0 aliphatic carbocycles. The van der Waals surface area contributed by atoms with E-state index in [4.69, 9.17) is 21.3 Å². The Morgan fingerprint density at radius 2 is 1.67 bits per heavy atom. The number of phosphoric acid groups is 1. The first kappa shape index (κ1) is 17.5. The summed E-state index contributed by atoms with van der Waals surface area (Å²) in [6.45, 7) is 2.82. The van der Waals surface area contributed by atoms with E-state index in [0.29, 0.717) is 0 Å². The second-order valence-corrected chi connectivity index (χ2v) is 5.73. The van der Waals surface area contributed by atoms with Crippen molar-refractivity contribution in [1.82, 2.24) is 0 Å². The largest absolute Gasteiger partial charge is 0.524 e. The molecule has 8 nitrogen and oxygen atoms in total. The van der Waals surface area contributed by atoms with E-state index < -0.39 is 37.2 Å². The van der Waals surface area contributed by atoms with Gasteiger partial charge in [-0.3, -0.25) is 19.4 Å². The van der Waals surface area contributed by atoms with E-state index in [1.54, 1.807) is 0 Å². The van der Waals surface area contributed by atoms with Gasteiger partial charge in [0.1, 0.15) is 5.75 Å². The summed E-state index contributed by atoms with van der Waals surface area (Å²) in [4.78, 5) is 42.0. The monoisotopic (exact) mass is 316 g/mol. The topological polar surface area (TPSA) is 153 Å². The number of carbonyl (C=O) groups excluding carboxylic acids is 2. The van der Waals surface area contributed by atoms with E-state index in [1.165, 1.54) is 32.0 Å². The number of rotatable bonds is 6. The molecular formula is C12H17N2O6P. The fraction of sp³-hybridized carbons (Fsp3) is 0.333. The highest BCUT2D eigenvalue weighted by molar-refractivity contribution is 7.46. The molecule has 9 heteroatoms. The van der Waals surface area contributed by atoms with Gasteiger partial charge in [0.2, 0.25) is 0 Å². The van der Waals surface area contributed by atoms with Gasteiger partial charge in [-0.2, -0.15) is 0 Å². The SMILES string of the molecule is CC(N)C(=O)c1cccc(OP(=O)(O)O)c1C(=O)C(C)N. The van der Waals surface area contributed by atoms with Crippen molar-refractivity contribution in [1.29, 1.82) is 0 Å². The molecule has 116 valence electrons. The summed E-state index contributed by atoms with van der Waals surface area (Å²) in [6, 6.07) is 1.96. The number of phosphoric ester groups is 1. The van der Waals surface area contributed by atoms with E-state index in [0.717, 1.165) is 0 Å². The van der Waals surface area contributed by atoms with Crippen LogP contribution >= 0.6 is 7.82 Å². The minimum Gasteiger partial charge on any atom is -0.403 e. The van der Waals surface area contributed by atoms with E-state index in [2.05, 4.69) is 4.52 Å². The maximum Gasteiger partial charge on any atom is 0.524 e. The Kier molecular flexibility index (Phi) is 5.38. The van der Waals surface area contributed by atoms with Crippen LogP contribution < -0.4 is 16.0 Å². The number of hydrogen-bond acceptors (Lipinski definition) is 6. The molecule has 2 unspecified atom stereocenters. The zero-order chi connectivity index (χ0) is 16.4. The lowest BCUT2D eigenvalue weighted by Crippen LogP contribution is -2.32. The van der Waals surface area contributed by atoms with Gasteiger partial charge in [-0.25, -0.2) is 4.57 Å². The van der Waals surface area contributed by atoms with E-state index in [9.17, 15) is 14.2 Å². The van der Waals surface area contributed by atoms with Crippen LogP contribution in [0, 0.1) is 0 Å². The molecule has 21 heavy (non-hydrogen) atoms. The molecule has 0 amide bonds. The Morgan fingerprint density at radius 1 is 1.14 bits per heavy atom. The molecule has 0 spiro atoms. The average molecular weight is 316 g/mol. The summed E-state index contributed by atoms with van der Waals surface area (Å²) in [7, 11) is -4.89. The van der Waals surface area contributed by atoms with Crippen LogP contribution in [0.2, 0.25) is 0 Å². The molecule has 0 bridgehead atoms. The average Bonchev–Trinajstić information content (AvgIpc) is 2.34. The van der Waals surface area contributed by atoms with Crippen LogP contribution in [0.25, 0.3) is 0 Å². The Bertz CT molecular complexity index is 608. The third-order valence-electron chi connectivity index (χ3n) is 2.58. The van der Waals surface area contributed by atoms with Gasteiger partial charge in [0, 0.05) is 5.56 Å². The molecular weight excluding hydrogens is 299 g/mol. The number of Topliss-reactive ketones (excluding diaryl/α,β-unsaturated/α-hetero) is 2. The minimum absolute atomic E-state index is 0.0850. The van der Waals surface area contributed by atoms with Crippen molar-refractivity contribution >= 4 is 19.4 Å². The van der Waals surface area contributed by atoms with Crippen LogP contribution in [-0.2, 0) is 4.57 Å². The quantitative estimate of drug-likeness (QED) is 0.429. The molecule has 2 atom stereocenters. The molecule has 1 aromatic carbocycles. The Labute approximate surface area is 121 Å². The molecule has 1 rings (SSSR count). The van der Waals surface area contributed by atoms with Crippen molar-refractivity contribution in [3.63, 3.8) is 0 Å². The van der Waals surface area contributed by atoms with Crippen molar-refractivity contribution < 1.29 is 28.5 Å². The van der Waals surface area contributed by atoms with Crippen molar-refractivity contribution in [3.8, 4) is 5.75 Å². The van der Waals surface area contributed by atoms with Gasteiger partial charge >= 0.3 is 7.82 Å². The van der Waals surface area contributed by atoms with Crippen LogP contribution in [0.4, 0.5) is 0 Å². The Hall–Kier alpha value is -1.57. The first-order valence-corrected chi connectivity index (χ1v) is 7.55. The molecule has 6 N–H and O–H groups in total. The van der Waals surface area contributed by atoms with Gasteiger partial charge in [-0.05, 0) is 19.9 Å². The molecule has 0 aliphatic heterocycles. The summed E-state index contributed by atoms with van der Waals surface area (Å²) in [5.41, 5.74) is 10.6. The molecule has 0 heterocycles. The zero-order valence-electron chi connectivity index (χ0n) is 11.5. The van der Waals surface area contributed by atoms with Crippen LogP contribution in [0.5, 0.6) is 5.75 Å². The predicted molar refractivity (Wildman–Crippen MR) is 75.1 cm³/mol. The molecule has 0 saturated heterocycles. The molecule has 0 radical (unpaired) electrons. The highest BCUT2D eigenvalue weighted by Gasteiger charge is 2.28. The van der Waals surface area contributed by atoms with Gasteiger partial charge in [0.05, 0.1) is 17.6 Å². The van der Waals surface area contributed by atoms with Crippen molar-refractivity contribution in [2.45, 2.75) is 25.9 Å². The minimum atomic E-state index is -4.89. The highest BCUT2D eigenvalue weighted by atomic mass is 31.2. The van der Waals surface area contributed by atoms with Gasteiger partial charge < -0.3 is 16.0 Å². The third kappa shape index (κ3) is 4.45. The third-order valence-corrected chi connectivity index (χ3v) is 3.02. The summed E-state index contributed by atoms with van der Waals surface area (Å²) in [5.74, 6) is -1.64. The van der Waals surface area contributed by atoms with E-state index >= 15 is 0 Å². The zero-order valence-corrected chi connectivity index (χ0v) is 12.4. The fourth-order valence-corrected chi connectivity index (χ4v) is 2.08. The van der Waals surface area contributed by atoms with Gasteiger partial charge in [-0.1, -0.05) is 12.1 Å². The van der Waals surface area contributed by atoms with E-state index in [-0.39, 0.29) is 11.1 Å². The number of nitrogens with two attached hydrogens (primary N) is 2. The second-order valence-electron chi connectivity index (χ2n) is 4.57. The van der Waals surface area contributed by atoms with Crippen LogP contribution in [-0.4, -0.2) is 33.4 Å².